The minimum absolute atomic E-state index is 0.0552. The Kier molecular flexibility index (Phi) is 5.46. The highest BCUT2D eigenvalue weighted by Gasteiger charge is 2.51. The maximum Gasteiger partial charge on any atom is 0.325 e. The molecular weight excluding hydrogens is 396 g/mol. The maximum absolute atomic E-state index is 13.1. The highest BCUT2D eigenvalue weighted by atomic mass is 16.2. The Morgan fingerprint density at radius 2 is 1.87 bits per heavy atom. The molecule has 1 unspecified atom stereocenters. The molecule has 0 aliphatic carbocycles. The van der Waals surface area contributed by atoms with E-state index in [-0.39, 0.29) is 5.91 Å². The molecule has 4 rings (SSSR count). The van der Waals surface area contributed by atoms with E-state index in [1.807, 2.05) is 19.1 Å². The van der Waals surface area contributed by atoms with E-state index in [2.05, 4.69) is 10.6 Å². The van der Waals surface area contributed by atoms with Crippen molar-refractivity contribution in [2.24, 2.45) is 0 Å². The summed E-state index contributed by atoms with van der Waals surface area (Å²) in [5.74, 6) is -0.884. The van der Waals surface area contributed by atoms with Crippen molar-refractivity contribution in [1.82, 2.24) is 10.2 Å². The molecule has 31 heavy (non-hydrogen) atoms. The van der Waals surface area contributed by atoms with Gasteiger partial charge in [-0.3, -0.25) is 19.3 Å². The zero-order chi connectivity index (χ0) is 22.0. The van der Waals surface area contributed by atoms with Gasteiger partial charge in [-0.15, -0.1) is 0 Å². The van der Waals surface area contributed by atoms with Crippen molar-refractivity contribution < 1.29 is 19.2 Å². The van der Waals surface area contributed by atoms with E-state index < -0.39 is 29.9 Å². The summed E-state index contributed by atoms with van der Waals surface area (Å²) in [5.41, 5.74) is 0.722. The molecule has 2 aliphatic rings. The highest BCUT2D eigenvalue weighted by Crippen LogP contribution is 2.32. The van der Waals surface area contributed by atoms with Crippen LogP contribution in [0.3, 0.4) is 0 Å². The number of carbonyl (C=O) groups is 4. The van der Waals surface area contributed by atoms with Crippen molar-refractivity contribution in [3.63, 3.8) is 0 Å². The number of benzene rings is 2. The van der Waals surface area contributed by atoms with Crippen molar-refractivity contribution in [2.45, 2.75) is 31.7 Å². The molecule has 0 spiro atoms. The number of imide groups is 1. The number of anilines is 2. The second-order valence-corrected chi connectivity index (χ2v) is 7.69. The maximum atomic E-state index is 13.1. The molecule has 2 heterocycles. The first-order valence-electron chi connectivity index (χ1n) is 10.3. The second kappa shape index (κ2) is 8.22. The van der Waals surface area contributed by atoms with E-state index in [1.165, 1.54) is 0 Å². The minimum atomic E-state index is -1.17. The van der Waals surface area contributed by atoms with Crippen molar-refractivity contribution in [1.29, 1.82) is 0 Å². The fraction of sp³-hybridized carbons (Fsp3) is 0.304. The Bertz CT molecular complexity index is 1040. The van der Waals surface area contributed by atoms with Gasteiger partial charge in [-0.25, -0.2) is 4.79 Å². The van der Waals surface area contributed by atoms with Crippen LogP contribution in [0.15, 0.2) is 54.6 Å². The third-order valence-electron chi connectivity index (χ3n) is 5.79. The lowest BCUT2D eigenvalue weighted by Crippen LogP contribution is -2.44. The summed E-state index contributed by atoms with van der Waals surface area (Å²) < 4.78 is 0. The standard InChI is InChI=1S/C23H24N4O4/c1-2-23(16-8-4-3-5-9-16)21(30)27(22(31)25-23)15-19(28)24-17-10-6-11-18(14-17)26-13-7-12-20(26)29/h3-6,8-11,14H,2,7,12-13,15H2,1H3,(H,24,28)(H,25,31). The Morgan fingerprint density at radius 3 is 2.55 bits per heavy atom. The van der Waals surface area contributed by atoms with E-state index in [0.29, 0.717) is 36.3 Å². The first-order chi connectivity index (χ1) is 14.9. The molecule has 2 saturated heterocycles. The van der Waals surface area contributed by atoms with E-state index in [4.69, 9.17) is 0 Å². The summed E-state index contributed by atoms with van der Waals surface area (Å²) in [4.78, 5) is 52.9. The number of nitrogens with zero attached hydrogens (tertiary/aromatic N) is 2. The fourth-order valence-corrected chi connectivity index (χ4v) is 4.15. The number of nitrogens with one attached hydrogen (secondary N) is 2. The topological polar surface area (TPSA) is 98.8 Å². The van der Waals surface area contributed by atoms with Crippen molar-refractivity contribution >= 4 is 35.1 Å². The van der Waals surface area contributed by atoms with Crippen LogP contribution in [0.5, 0.6) is 0 Å². The number of carbonyl (C=O) groups excluding carboxylic acids is 4. The van der Waals surface area contributed by atoms with E-state index in [9.17, 15) is 19.2 Å². The highest BCUT2D eigenvalue weighted by molar-refractivity contribution is 6.10. The normalized spacial score (nSPS) is 20.9. The number of urea groups is 1. The average Bonchev–Trinajstić information content (AvgIpc) is 3.31. The zero-order valence-corrected chi connectivity index (χ0v) is 17.3. The summed E-state index contributed by atoms with van der Waals surface area (Å²) >= 11 is 0. The number of hydrogen-bond acceptors (Lipinski definition) is 4. The van der Waals surface area contributed by atoms with Crippen LogP contribution in [0.4, 0.5) is 16.2 Å². The lowest BCUT2D eigenvalue weighted by Gasteiger charge is -2.25. The third-order valence-corrected chi connectivity index (χ3v) is 5.79. The molecule has 2 aromatic carbocycles. The monoisotopic (exact) mass is 420 g/mol. The average molecular weight is 420 g/mol. The van der Waals surface area contributed by atoms with Gasteiger partial charge < -0.3 is 15.5 Å². The molecule has 2 aromatic rings. The number of amides is 5. The summed E-state index contributed by atoms with van der Waals surface area (Å²) in [6, 6.07) is 15.4. The van der Waals surface area contributed by atoms with Gasteiger partial charge in [-0.1, -0.05) is 43.3 Å². The summed E-state index contributed by atoms with van der Waals surface area (Å²) in [6.45, 7) is 2.07. The molecule has 8 heteroatoms. The van der Waals surface area contributed by atoms with Gasteiger partial charge >= 0.3 is 6.03 Å². The van der Waals surface area contributed by atoms with Crippen molar-refractivity contribution in [2.75, 3.05) is 23.3 Å². The summed E-state index contributed by atoms with van der Waals surface area (Å²) in [7, 11) is 0. The molecule has 0 bridgehead atoms. The second-order valence-electron chi connectivity index (χ2n) is 7.69. The van der Waals surface area contributed by atoms with E-state index in [1.54, 1.807) is 47.4 Å². The van der Waals surface area contributed by atoms with Gasteiger partial charge in [0.15, 0.2) is 0 Å². The van der Waals surface area contributed by atoms with Crippen LogP contribution in [-0.4, -0.2) is 41.7 Å². The number of hydrogen-bond donors (Lipinski definition) is 2. The van der Waals surface area contributed by atoms with Gasteiger partial charge in [-0.05, 0) is 36.6 Å². The van der Waals surface area contributed by atoms with Crippen LogP contribution >= 0.6 is 0 Å². The summed E-state index contributed by atoms with van der Waals surface area (Å²) in [5, 5.41) is 5.49. The molecule has 0 aromatic heterocycles. The van der Waals surface area contributed by atoms with Gasteiger partial charge in [0, 0.05) is 24.3 Å². The van der Waals surface area contributed by atoms with Gasteiger partial charge in [0.2, 0.25) is 11.8 Å². The van der Waals surface area contributed by atoms with Gasteiger partial charge in [0.05, 0.1) is 0 Å². The van der Waals surface area contributed by atoms with Crippen molar-refractivity contribution in [3.8, 4) is 0 Å². The van der Waals surface area contributed by atoms with Crippen LogP contribution in [-0.2, 0) is 19.9 Å². The smallest absolute Gasteiger partial charge is 0.324 e. The van der Waals surface area contributed by atoms with E-state index in [0.717, 1.165) is 11.3 Å². The summed E-state index contributed by atoms with van der Waals surface area (Å²) in [6.07, 6.45) is 1.69. The molecule has 0 radical (unpaired) electrons. The fourth-order valence-electron chi connectivity index (χ4n) is 4.15. The minimum Gasteiger partial charge on any atom is -0.324 e. The molecule has 0 saturated carbocycles. The van der Waals surface area contributed by atoms with Crippen LogP contribution < -0.4 is 15.5 Å². The van der Waals surface area contributed by atoms with Gasteiger partial charge in [-0.2, -0.15) is 0 Å². The van der Waals surface area contributed by atoms with Crippen LogP contribution in [0, 0.1) is 0 Å². The molecule has 8 nitrogen and oxygen atoms in total. The molecule has 5 amide bonds. The molecule has 2 N–H and O–H groups in total. The molecular formula is C23H24N4O4. The Balaban J connectivity index is 1.47. The Hall–Kier alpha value is -3.68. The lowest BCUT2D eigenvalue weighted by molar-refractivity contribution is -0.134. The van der Waals surface area contributed by atoms with Crippen LogP contribution in [0.1, 0.15) is 31.7 Å². The Morgan fingerprint density at radius 1 is 1.10 bits per heavy atom. The SMILES string of the molecule is CCC1(c2ccccc2)NC(=O)N(CC(=O)Nc2cccc(N3CCCC3=O)c2)C1=O. The van der Waals surface area contributed by atoms with Gasteiger partial charge in [0.1, 0.15) is 12.1 Å². The predicted molar refractivity (Wildman–Crippen MR) is 115 cm³/mol. The zero-order valence-electron chi connectivity index (χ0n) is 17.3. The van der Waals surface area contributed by atoms with Gasteiger partial charge in [0.25, 0.3) is 5.91 Å². The first kappa shape index (κ1) is 20.6. The lowest BCUT2D eigenvalue weighted by atomic mass is 9.87. The molecule has 2 fully saturated rings. The molecule has 160 valence electrons. The van der Waals surface area contributed by atoms with Crippen LogP contribution in [0.2, 0.25) is 0 Å². The predicted octanol–water partition coefficient (Wildman–Crippen LogP) is 2.61. The molecule has 1 atom stereocenters. The first-order valence-corrected chi connectivity index (χ1v) is 10.3. The number of rotatable bonds is 6. The van der Waals surface area contributed by atoms with Crippen LogP contribution in [0.25, 0.3) is 0 Å². The molecule has 2 aliphatic heterocycles. The largest absolute Gasteiger partial charge is 0.325 e. The van der Waals surface area contributed by atoms with E-state index >= 15 is 0 Å². The Labute approximate surface area is 180 Å². The quantitative estimate of drug-likeness (QED) is 0.702. The van der Waals surface area contributed by atoms with Crippen molar-refractivity contribution in [3.05, 3.63) is 60.2 Å². The third kappa shape index (κ3) is 3.76.